The first-order valence-corrected chi connectivity index (χ1v) is 9.06. The number of nitrogens with zero attached hydrogens (tertiary/aromatic N) is 5. The van der Waals surface area contributed by atoms with Gasteiger partial charge in [0.25, 0.3) is 0 Å². The van der Waals surface area contributed by atoms with E-state index in [1.165, 1.54) is 4.63 Å². The Balaban J connectivity index is 1.88. The lowest BCUT2D eigenvalue weighted by molar-refractivity contribution is 0.267. The summed E-state index contributed by atoms with van der Waals surface area (Å²) in [5, 5.41) is 19.4. The van der Waals surface area contributed by atoms with Crippen molar-refractivity contribution in [2.24, 2.45) is 11.8 Å². The molecule has 1 aromatic carbocycles. The Bertz CT molecular complexity index is 845. The quantitative estimate of drug-likeness (QED) is 0.664. The van der Waals surface area contributed by atoms with Gasteiger partial charge >= 0.3 is 0 Å². The minimum absolute atomic E-state index is 0.0831. The molecule has 7 nitrogen and oxygen atoms in total. The van der Waals surface area contributed by atoms with Gasteiger partial charge in [0, 0.05) is 5.56 Å². The van der Waals surface area contributed by atoms with Crippen LogP contribution in [0.25, 0.3) is 5.65 Å². The van der Waals surface area contributed by atoms with E-state index in [0.717, 1.165) is 23.6 Å². The van der Waals surface area contributed by atoms with Crippen LogP contribution in [0.1, 0.15) is 45.7 Å². The number of fused-ring (bicyclic) bond motifs is 1. The molecule has 26 heavy (non-hydrogen) atoms. The number of para-hydroxylation sites is 1. The van der Waals surface area contributed by atoms with Crippen molar-refractivity contribution in [3.8, 4) is 5.75 Å². The molecule has 0 saturated carbocycles. The van der Waals surface area contributed by atoms with Gasteiger partial charge in [-0.2, -0.15) is 0 Å². The van der Waals surface area contributed by atoms with E-state index in [2.05, 4.69) is 59.7 Å². The largest absolute Gasteiger partial charge is 0.493 e. The van der Waals surface area contributed by atoms with Crippen LogP contribution < -0.4 is 10.1 Å². The molecule has 138 valence electrons. The van der Waals surface area contributed by atoms with Gasteiger partial charge in [0.15, 0.2) is 5.65 Å². The third-order valence-corrected chi connectivity index (χ3v) is 3.97. The summed E-state index contributed by atoms with van der Waals surface area (Å²) in [4.78, 5) is 0. The third kappa shape index (κ3) is 4.47. The Hall–Kier alpha value is -2.70. The fraction of sp³-hybridized carbons (Fsp3) is 0.474. The molecule has 3 aromatic rings. The number of nitrogens with one attached hydrogen (secondary N) is 1. The summed E-state index contributed by atoms with van der Waals surface area (Å²) in [5.74, 6) is 2.64. The highest BCUT2D eigenvalue weighted by Crippen LogP contribution is 2.32. The number of ether oxygens (including phenoxy) is 1. The smallest absolute Gasteiger partial charge is 0.200 e. The molecule has 0 aliphatic rings. The molecular formula is C19H26N6O. The normalized spacial score (nSPS) is 12.7. The predicted molar refractivity (Wildman–Crippen MR) is 101 cm³/mol. The minimum atomic E-state index is 0.0831. The van der Waals surface area contributed by atoms with E-state index in [0.29, 0.717) is 24.1 Å². The fourth-order valence-corrected chi connectivity index (χ4v) is 2.80. The third-order valence-electron chi connectivity index (χ3n) is 3.97. The van der Waals surface area contributed by atoms with E-state index in [1.807, 2.05) is 30.3 Å². The van der Waals surface area contributed by atoms with Crippen LogP contribution in [-0.4, -0.2) is 31.9 Å². The Morgan fingerprint density at radius 1 is 1.04 bits per heavy atom. The maximum absolute atomic E-state index is 6.06. The second kappa shape index (κ2) is 8.12. The van der Waals surface area contributed by atoms with Gasteiger partial charge in [0.05, 0.1) is 12.6 Å². The SMILES string of the molecule is CC(C)COc1ccccc1[C@H](CC(C)C)Nc1ccc2nnnn2n1. The molecule has 1 atom stereocenters. The zero-order valence-electron chi connectivity index (χ0n) is 15.8. The Morgan fingerprint density at radius 2 is 1.85 bits per heavy atom. The first-order valence-electron chi connectivity index (χ1n) is 9.06. The van der Waals surface area contributed by atoms with Crippen LogP contribution in [0.15, 0.2) is 36.4 Å². The molecular weight excluding hydrogens is 328 g/mol. The van der Waals surface area contributed by atoms with Crippen molar-refractivity contribution < 1.29 is 4.74 Å². The predicted octanol–water partition coefficient (Wildman–Crippen LogP) is 3.75. The summed E-state index contributed by atoms with van der Waals surface area (Å²) in [6.07, 6.45) is 0.956. The molecule has 1 N–H and O–H groups in total. The highest BCUT2D eigenvalue weighted by molar-refractivity contribution is 5.46. The standard InChI is InChI=1S/C19H26N6O/c1-13(2)11-16(15-7-5-6-8-17(15)26-12-14(3)4)20-18-9-10-19-21-23-24-25(19)22-18/h5-10,13-14,16H,11-12H2,1-4H3,(H,20,22)/t16-/m0/s1. The number of hydrogen-bond donors (Lipinski definition) is 1. The molecule has 3 rings (SSSR count). The van der Waals surface area contributed by atoms with Gasteiger partial charge in [-0.25, -0.2) is 0 Å². The highest BCUT2D eigenvalue weighted by atomic mass is 16.5. The van der Waals surface area contributed by atoms with Gasteiger partial charge in [0.2, 0.25) is 0 Å². The summed E-state index contributed by atoms with van der Waals surface area (Å²) in [6.45, 7) is 9.42. The maximum atomic E-state index is 6.06. The molecule has 0 aliphatic carbocycles. The fourth-order valence-electron chi connectivity index (χ4n) is 2.80. The van der Waals surface area contributed by atoms with Crippen molar-refractivity contribution >= 4 is 11.5 Å². The van der Waals surface area contributed by atoms with E-state index in [9.17, 15) is 0 Å². The van der Waals surface area contributed by atoms with Crippen LogP contribution in [-0.2, 0) is 0 Å². The van der Waals surface area contributed by atoms with Gasteiger partial charge in [-0.05, 0) is 46.9 Å². The topological polar surface area (TPSA) is 77.2 Å². The maximum Gasteiger partial charge on any atom is 0.200 e. The number of benzene rings is 1. The second-order valence-electron chi connectivity index (χ2n) is 7.31. The second-order valence-corrected chi connectivity index (χ2v) is 7.31. The average molecular weight is 354 g/mol. The first kappa shape index (κ1) is 18.1. The zero-order valence-corrected chi connectivity index (χ0v) is 15.8. The Morgan fingerprint density at radius 3 is 2.62 bits per heavy atom. The number of aromatic nitrogens is 5. The number of anilines is 1. The molecule has 0 radical (unpaired) electrons. The minimum Gasteiger partial charge on any atom is -0.493 e. The molecule has 2 aromatic heterocycles. The van der Waals surface area contributed by atoms with E-state index < -0.39 is 0 Å². The highest BCUT2D eigenvalue weighted by Gasteiger charge is 2.19. The van der Waals surface area contributed by atoms with Crippen LogP contribution in [0.3, 0.4) is 0 Å². The Labute approximate surface area is 153 Å². The summed E-state index contributed by atoms with van der Waals surface area (Å²) in [6, 6.07) is 12.0. The van der Waals surface area contributed by atoms with Crippen molar-refractivity contribution in [3.63, 3.8) is 0 Å². The molecule has 7 heteroatoms. The van der Waals surface area contributed by atoms with Gasteiger partial charge in [-0.3, -0.25) is 0 Å². The summed E-state index contributed by atoms with van der Waals surface area (Å²) in [5.41, 5.74) is 1.76. The number of tetrazole rings is 1. The van der Waals surface area contributed by atoms with E-state index in [4.69, 9.17) is 4.74 Å². The Kier molecular flexibility index (Phi) is 5.65. The molecule has 0 saturated heterocycles. The van der Waals surface area contributed by atoms with Gasteiger partial charge < -0.3 is 10.1 Å². The monoisotopic (exact) mass is 354 g/mol. The van der Waals surface area contributed by atoms with Crippen LogP contribution in [0, 0.1) is 11.8 Å². The summed E-state index contributed by atoms with van der Waals surface area (Å²) < 4.78 is 7.49. The van der Waals surface area contributed by atoms with Crippen molar-refractivity contribution in [3.05, 3.63) is 42.0 Å². The lowest BCUT2D eigenvalue weighted by atomic mass is 9.96. The summed E-state index contributed by atoms with van der Waals surface area (Å²) >= 11 is 0. The molecule has 0 unspecified atom stereocenters. The van der Waals surface area contributed by atoms with E-state index in [-0.39, 0.29) is 6.04 Å². The van der Waals surface area contributed by atoms with Crippen molar-refractivity contribution in [1.29, 1.82) is 0 Å². The van der Waals surface area contributed by atoms with Gasteiger partial charge in [-0.1, -0.05) is 45.9 Å². The van der Waals surface area contributed by atoms with Crippen molar-refractivity contribution in [1.82, 2.24) is 25.3 Å². The van der Waals surface area contributed by atoms with E-state index >= 15 is 0 Å². The molecule has 0 spiro atoms. The van der Waals surface area contributed by atoms with Crippen molar-refractivity contribution in [2.75, 3.05) is 11.9 Å². The molecule has 0 fully saturated rings. The molecule has 0 amide bonds. The number of hydrogen-bond acceptors (Lipinski definition) is 6. The lowest BCUT2D eigenvalue weighted by Crippen LogP contribution is -2.17. The first-order chi connectivity index (χ1) is 12.5. The van der Waals surface area contributed by atoms with Crippen LogP contribution in [0.5, 0.6) is 5.75 Å². The lowest BCUT2D eigenvalue weighted by Gasteiger charge is -2.24. The zero-order chi connectivity index (χ0) is 18.5. The van der Waals surface area contributed by atoms with Gasteiger partial charge in [0.1, 0.15) is 11.6 Å². The van der Waals surface area contributed by atoms with Crippen LogP contribution in [0.2, 0.25) is 0 Å². The number of rotatable bonds is 8. The van der Waals surface area contributed by atoms with E-state index in [1.54, 1.807) is 0 Å². The van der Waals surface area contributed by atoms with Crippen molar-refractivity contribution in [2.45, 2.75) is 40.2 Å². The molecule has 2 heterocycles. The molecule has 0 bridgehead atoms. The average Bonchev–Trinajstić information content (AvgIpc) is 3.07. The van der Waals surface area contributed by atoms with Gasteiger partial charge in [-0.15, -0.1) is 14.8 Å². The molecule has 0 aliphatic heterocycles. The van der Waals surface area contributed by atoms with Crippen LogP contribution >= 0.6 is 0 Å². The summed E-state index contributed by atoms with van der Waals surface area (Å²) in [7, 11) is 0. The van der Waals surface area contributed by atoms with Crippen LogP contribution in [0.4, 0.5) is 5.82 Å².